The number of hydrogen-bond acceptors (Lipinski definition) is 5. The van der Waals surface area contributed by atoms with Gasteiger partial charge >= 0.3 is 5.97 Å². The molecule has 0 radical (unpaired) electrons. The first-order valence-corrected chi connectivity index (χ1v) is 26.1. The van der Waals surface area contributed by atoms with Crippen LogP contribution in [0.25, 0.3) is 0 Å². The van der Waals surface area contributed by atoms with Crippen molar-refractivity contribution in [1.29, 1.82) is 0 Å². The Morgan fingerprint density at radius 3 is 1.70 bits per heavy atom. The largest absolute Gasteiger partial charge is 0.469 e. The number of methoxy groups -OCH3 is 1. The van der Waals surface area contributed by atoms with Crippen LogP contribution in [0.15, 0.2) is 36.5 Å². The summed E-state index contributed by atoms with van der Waals surface area (Å²) in [5.41, 5.74) is 0. The Kier molecular flexibility index (Phi) is 18.8. The number of hydrogen-bond donors (Lipinski definition) is 0. The second kappa shape index (κ2) is 19.5. The average molecular weight is 703 g/mol. The number of carbonyl (C=O) groups is 1. The predicted molar refractivity (Wildman–Crippen MR) is 210 cm³/mol. The summed E-state index contributed by atoms with van der Waals surface area (Å²) < 4.78 is 24.7. The Balaban J connectivity index is 5.81. The summed E-state index contributed by atoms with van der Waals surface area (Å²) in [7, 11) is -4.45. The molecular formula is C39H70O5Si3. The maximum atomic E-state index is 11.6. The van der Waals surface area contributed by atoms with Crippen LogP contribution < -0.4 is 0 Å². The van der Waals surface area contributed by atoms with Gasteiger partial charge < -0.3 is 18.0 Å². The quantitative estimate of drug-likeness (QED) is 0.0736. The fourth-order valence-corrected chi connectivity index (χ4v) is 7.42. The molecule has 0 aromatic rings. The molecule has 0 saturated carbocycles. The van der Waals surface area contributed by atoms with E-state index in [1.807, 2.05) is 24.3 Å². The minimum Gasteiger partial charge on any atom is -0.469 e. The van der Waals surface area contributed by atoms with Gasteiger partial charge in [-0.05, 0) is 91.9 Å². The SMILES string of the molecule is CCC(/C=C/C#CCC(/C=C/C=C/C#CC(CCCC(=O)OC)O[Si](C)(C)C(C)(C)C)O[Si](C)(C)C(C)(C)C)O[Si](C)(C)C(C)(C)C. The fourth-order valence-electron chi connectivity index (χ4n) is 3.55. The van der Waals surface area contributed by atoms with Crippen molar-refractivity contribution < 1.29 is 22.8 Å². The second-order valence-corrected chi connectivity index (χ2v) is 31.3. The highest BCUT2D eigenvalue weighted by molar-refractivity contribution is 6.75. The minimum atomic E-state index is -2.02. The molecular weight excluding hydrogens is 633 g/mol. The van der Waals surface area contributed by atoms with Gasteiger partial charge in [0.2, 0.25) is 0 Å². The van der Waals surface area contributed by atoms with Gasteiger partial charge in [0, 0.05) is 12.8 Å². The van der Waals surface area contributed by atoms with Gasteiger partial charge in [-0.3, -0.25) is 4.79 Å². The van der Waals surface area contributed by atoms with E-state index in [0.717, 1.165) is 6.42 Å². The number of carbonyl (C=O) groups excluding carboxylic acids is 1. The molecule has 0 aromatic heterocycles. The molecule has 5 nitrogen and oxygen atoms in total. The molecule has 0 fully saturated rings. The summed E-state index contributed by atoms with van der Waals surface area (Å²) in [4.78, 5) is 11.6. The van der Waals surface area contributed by atoms with E-state index in [1.165, 1.54) is 7.11 Å². The average Bonchev–Trinajstić information content (AvgIpc) is 2.91. The van der Waals surface area contributed by atoms with Crippen LogP contribution in [0.5, 0.6) is 0 Å². The van der Waals surface area contributed by atoms with Crippen LogP contribution in [0.3, 0.4) is 0 Å². The molecule has 0 amide bonds. The fraction of sp³-hybridized carbons (Fsp3) is 0.718. The minimum absolute atomic E-state index is 0.0713. The third kappa shape index (κ3) is 17.5. The first kappa shape index (κ1) is 45.3. The molecule has 3 atom stereocenters. The van der Waals surface area contributed by atoms with Crippen LogP contribution in [0.4, 0.5) is 0 Å². The molecule has 3 unspecified atom stereocenters. The van der Waals surface area contributed by atoms with Gasteiger partial charge in [0.05, 0.1) is 19.3 Å². The van der Waals surface area contributed by atoms with Crippen molar-refractivity contribution in [3.05, 3.63) is 36.5 Å². The topological polar surface area (TPSA) is 54.0 Å². The Bertz CT molecular complexity index is 1170. The Hall–Kier alpha value is -1.66. The van der Waals surface area contributed by atoms with Crippen molar-refractivity contribution in [2.75, 3.05) is 7.11 Å². The van der Waals surface area contributed by atoms with Gasteiger partial charge in [-0.15, -0.1) is 0 Å². The van der Waals surface area contributed by atoms with E-state index in [-0.39, 0.29) is 39.4 Å². The summed E-state index contributed by atoms with van der Waals surface area (Å²) in [5, 5.41) is 0.338. The molecule has 47 heavy (non-hydrogen) atoms. The van der Waals surface area contributed by atoms with Crippen LogP contribution in [0, 0.1) is 23.7 Å². The zero-order valence-electron chi connectivity index (χ0n) is 33.3. The number of esters is 1. The maximum absolute atomic E-state index is 11.6. The molecule has 0 aliphatic heterocycles. The third-order valence-corrected chi connectivity index (χ3v) is 23.4. The van der Waals surface area contributed by atoms with Crippen molar-refractivity contribution in [2.45, 2.75) is 174 Å². The molecule has 0 bridgehead atoms. The van der Waals surface area contributed by atoms with Crippen LogP contribution in [-0.2, 0) is 22.8 Å². The summed E-state index contributed by atoms with van der Waals surface area (Å²) >= 11 is 0. The predicted octanol–water partition coefficient (Wildman–Crippen LogP) is 11.0. The third-order valence-electron chi connectivity index (χ3n) is 9.88. The number of ether oxygens (including phenoxy) is 1. The van der Waals surface area contributed by atoms with E-state index in [0.29, 0.717) is 25.7 Å². The molecule has 0 N–H and O–H groups in total. The molecule has 0 saturated heterocycles. The first-order chi connectivity index (χ1) is 21.3. The Labute approximate surface area is 294 Å². The molecule has 0 aliphatic rings. The summed E-state index contributed by atoms with van der Waals surface area (Å²) in [6.45, 7) is 36.0. The lowest BCUT2D eigenvalue weighted by atomic mass is 10.1. The van der Waals surface area contributed by atoms with Crippen LogP contribution >= 0.6 is 0 Å². The summed E-state index contributed by atoms with van der Waals surface area (Å²) in [5.74, 6) is 12.8. The van der Waals surface area contributed by atoms with E-state index < -0.39 is 25.0 Å². The Morgan fingerprint density at radius 1 is 0.702 bits per heavy atom. The molecule has 0 rings (SSSR count). The zero-order chi connectivity index (χ0) is 36.7. The molecule has 0 heterocycles. The summed E-state index contributed by atoms with van der Waals surface area (Å²) in [6.07, 6.45) is 14.9. The highest BCUT2D eigenvalue weighted by Gasteiger charge is 2.40. The molecule has 0 spiro atoms. The van der Waals surface area contributed by atoms with Gasteiger partial charge in [0.1, 0.15) is 6.10 Å². The lowest BCUT2D eigenvalue weighted by molar-refractivity contribution is -0.140. The zero-order valence-corrected chi connectivity index (χ0v) is 36.3. The van der Waals surface area contributed by atoms with Crippen molar-refractivity contribution in [1.82, 2.24) is 0 Å². The smallest absolute Gasteiger partial charge is 0.305 e. The Morgan fingerprint density at radius 2 is 1.21 bits per heavy atom. The summed E-state index contributed by atoms with van der Waals surface area (Å²) in [6, 6.07) is 0. The van der Waals surface area contributed by atoms with Gasteiger partial charge in [-0.2, -0.15) is 0 Å². The van der Waals surface area contributed by atoms with E-state index in [4.69, 9.17) is 18.0 Å². The van der Waals surface area contributed by atoms with Crippen LogP contribution in [0.2, 0.25) is 54.4 Å². The van der Waals surface area contributed by atoms with E-state index in [9.17, 15) is 4.79 Å². The van der Waals surface area contributed by atoms with Gasteiger partial charge in [0.15, 0.2) is 25.0 Å². The highest BCUT2D eigenvalue weighted by Crippen LogP contribution is 2.39. The number of rotatable bonds is 15. The van der Waals surface area contributed by atoms with Crippen LogP contribution in [-0.4, -0.2) is 56.3 Å². The molecule has 268 valence electrons. The van der Waals surface area contributed by atoms with Crippen molar-refractivity contribution in [3.8, 4) is 23.7 Å². The molecule has 8 heteroatoms. The normalized spacial score (nSPS) is 15.7. The van der Waals surface area contributed by atoms with Crippen LogP contribution in [0.1, 0.15) is 101 Å². The standard InChI is InChI=1S/C39H70O5Si3/c1-18-33(42-45(12,13)37(2,3)4)27-24-21-25-30-34(43-46(14,15)38(5,6)7)28-22-19-20-23-29-35(31-26-32-36(40)41-11)44-47(16,17)39(8,9)10/h19-20,22,24,27-28,33-35H,18,26,30-32H2,1-17H3/b20-19+,27-24+,28-22+. The lowest BCUT2D eigenvalue weighted by Gasteiger charge is -2.38. The first-order valence-electron chi connectivity index (χ1n) is 17.4. The van der Waals surface area contributed by atoms with E-state index in [2.05, 4.69) is 144 Å². The van der Waals surface area contributed by atoms with E-state index >= 15 is 0 Å². The van der Waals surface area contributed by atoms with Crippen molar-refractivity contribution >= 4 is 30.9 Å². The molecule has 0 aliphatic carbocycles. The highest BCUT2D eigenvalue weighted by atomic mass is 28.4. The van der Waals surface area contributed by atoms with Gasteiger partial charge in [-0.1, -0.05) is 111 Å². The van der Waals surface area contributed by atoms with Crippen molar-refractivity contribution in [2.24, 2.45) is 0 Å². The maximum Gasteiger partial charge on any atom is 0.305 e. The lowest BCUT2D eigenvalue weighted by Crippen LogP contribution is -2.43. The van der Waals surface area contributed by atoms with Gasteiger partial charge in [-0.25, -0.2) is 0 Å². The number of allylic oxidation sites excluding steroid dienone is 4. The second-order valence-electron chi connectivity index (χ2n) is 17.0. The van der Waals surface area contributed by atoms with Gasteiger partial charge in [0.25, 0.3) is 0 Å². The monoisotopic (exact) mass is 702 g/mol. The molecule has 0 aromatic carbocycles. The van der Waals surface area contributed by atoms with Crippen molar-refractivity contribution in [3.63, 3.8) is 0 Å². The van der Waals surface area contributed by atoms with E-state index in [1.54, 1.807) is 0 Å².